The van der Waals surface area contributed by atoms with Gasteiger partial charge >= 0.3 is 0 Å². The number of rotatable bonds is 3. The standard InChI is InChI=1S/C12H15FN2O3S/c1-8-7-9(13)4-5-11(8)19(17,18)15-6-2-3-10(15)12(14)16/h4-5,7,10H,2-3,6H2,1H3,(H2,14,16)/t10-/m0/s1. The zero-order valence-corrected chi connectivity index (χ0v) is 11.3. The largest absolute Gasteiger partial charge is 0.368 e. The lowest BCUT2D eigenvalue weighted by molar-refractivity contribution is -0.121. The number of hydrogen-bond donors (Lipinski definition) is 1. The highest BCUT2D eigenvalue weighted by Gasteiger charge is 2.38. The molecule has 1 aliphatic heterocycles. The summed E-state index contributed by atoms with van der Waals surface area (Å²) in [5.41, 5.74) is 5.53. The molecular formula is C12H15FN2O3S. The van der Waals surface area contributed by atoms with Gasteiger partial charge in [0, 0.05) is 6.54 Å². The summed E-state index contributed by atoms with van der Waals surface area (Å²) in [7, 11) is -3.81. The normalized spacial score (nSPS) is 20.6. The third-order valence-electron chi connectivity index (χ3n) is 3.26. The summed E-state index contributed by atoms with van der Waals surface area (Å²) in [4.78, 5) is 11.3. The van der Waals surface area contributed by atoms with Crippen LogP contribution in [0.15, 0.2) is 23.1 Å². The Bertz CT molecular complexity index is 615. The maximum absolute atomic E-state index is 13.0. The zero-order valence-electron chi connectivity index (χ0n) is 10.5. The van der Waals surface area contributed by atoms with E-state index in [-0.39, 0.29) is 11.4 Å². The minimum Gasteiger partial charge on any atom is -0.368 e. The molecule has 1 fully saturated rings. The molecule has 1 saturated heterocycles. The molecule has 1 heterocycles. The number of nitrogens with zero attached hydrogens (tertiary/aromatic N) is 1. The lowest BCUT2D eigenvalue weighted by atomic mass is 10.2. The van der Waals surface area contributed by atoms with Gasteiger partial charge in [-0.25, -0.2) is 12.8 Å². The molecule has 1 atom stereocenters. The van der Waals surface area contributed by atoms with Gasteiger partial charge in [0.05, 0.1) is 4.90 Å². The van der Waals surface area contributed by atoms with E-state index in [1.807, 2.05) is 0 Å². The molecule has 1 amide bonds. The molecule has 0 bridgehead atoms. The van der Waals surface area contributed by atoms with Gasteiger partial charge in [0.2, 0.25) is 15.9 Å². The van der Waals surface area contributed by atoms with Crippen LogP contribution in [-0.2, 0) is 14.8 Å². The second-order valence-electron chi connectivity index (χ2n) is 4.59. The summed E-state index contributed by atoms with van der Waals surface area (Å²) in [6.45, 7) is 1.78. The molecule has 5 nitrogen and oxygen atoms in total. The first-order chi connectivity index (χ1) is 8.84. The second kappa shape index (κ2) is 4.90. The van der Waals surface area contributed by atoms with Crippen LogP contribution in [0.25, 0.3) is 0 Å². The smallest absolute Gasteiger partial charge is 0.244 e. The van der Waals surface area contributed by atoms with Gasteiger partial charge in [0.25, 0.3) is 0 Å². The fourth-order valence-electron chi connectivity index (χ4n) is 2.34. The number of aryl methyl sites for hydroxylation is 1. The van der Waals surface area contributed by atoms with E-state index in [0.29, 0.717) is 18.4 Å². The van der Waals surface area contributed by atoms with Crippen molar-refractivity contribution in [3.8, 4) is 0 Å². The maximum Gasteiger partial charge on any atom is 0.244 e. The monoisotopic (exact) mass is 286 g/mol. The molecule has 2 rings (SSSR count). The summed E-state index contributed by atoms with van der Waals surface area (Å²) in [5, 5.41) is 0. The zero-order chi connectivity index (χ0) is 14.2. The summed E-state index contributed by atoms with van der Waals surface area (Å²) < 4.78 is 39.1. The van der Waals surface area contributed by atoms with Gasteiger partial charge in [0.1, 0.15) is 11.9 Å². The maximum atomic E-state index is 13.0. The second-order valence-corrected chi connectivity index (χ2v) is 6.44. The average Bonchev–Trinajstić information content (AvgIpc) is 2.77. The predicted molar refractivity (Wildman–Crippen MR) is 67.2 cm³/mol. The Balaban J connectivity index is 2.45. The van der Waals surface area contributed by atoms with Crippen LogP contribution < -0.4 is 5.73 Å². The number of carbonyl (C=O) groups excluding carboxylic acids is 1. The lowest BCUT2D eigenvalue weighted by Gasteiger charge is -2.22. The van der Waals surface area contributed by atoms with Gasteiger partial charge in [-0.1, -0.05) is 0 Å². The van der Waals surface area contributed by atoms with Crippen LogP contribution in [0.2, 0.25) is 0 Å². The third kappa shape index (κ3) is 2.48. The number of benzene rings is 1. The molecule has 1 aromatic rings. The highest BCUT2D eigenvalue weighted by molar-refractivity contribution is 7.89. The molecule has 104 valence electrons. The van der Waals surface area contributed by atoms with E-state index < -0.39 is 27.8 Å². The molecule has 0 aromatic heterocycles. The van der Waals surface area contributed by atoms with E-state index in [2.05, 4.69) is 0 Å². The van der Waals surface area contributed by atoms with Gasteiger partial charge in [-0.05, 0) is 43.5 Å². The average molecular weight is 286 g/mol. The minimum absolute atomic E-state index is 0.0158. The lowest BCUT2D eigenvalue weighted by Crippen LogP contribution is -2.43. The number of hydrogen-bond acceptors (Lipinski definition) is 3. The van der Waals surface area contributed by atoms with E-state index in [9.17, 15) is 17.6 Å². The summed E-state index contributed by atoms with van der Waals surface area (Å²) in [5.74, 6) is -1.15. The number of halogens is 1. The van der Waals surface area contributed by atoms with Crippen LogP contribution in [0.5, 0.6) is 0 Å². The third-order valence-corrected chi connectivity index (χ3v) is 5.32. The van der Waals surface area contributed by atoms with Crippen molar-refractivity contribution in [1.82, 2.24) is 4.31 Å². The van der Waals surface area contributed by atoms with Crippen LogP contribution in [0.3, 0.4) is 0 Å². The first kappa shape index (κ1) is 14.0. The van der Waals surface area contributed by atoms with Crippen LogP contribution in [-0.4, -0.2) is 31.2 Å². The predicted octanol–water partition coefficient (Wildman–Crippen LogP) is 0.773. The van der Waals surface area contributed by atoms with Crippen molar-refractivity contribution in [2.24, 2.45) is 5.73 Å². The van der Waals surface area contributed by atoms with Gasteiger partial charge < -0.3 is 5.73 Å². The molecule has 19 heavy (non-hydrogen) atoms. The fourth-order valence-corrected chi connectivity index (χ4v) is 4.21. The number of amides is 1. The first-order valence-corrected chi connectivity index (χ1v) is 7.35. The highest BCUT2D eigenvalue weighted by Crippen LogP contribution is 2.27. The van der Waals surface area contributed by atoms with Gasteiger partial charge in [-0.2, -0.15) is 4.31 Å². The van der Waals surface area contributed by atoms with Crippen molar-refractivity contribution in [2.75, 3.05) is 6.54 Å². The molecular weight excluding hydrogens is 271 g/mol. The number of sulfonamides is 1. The fraction of sp³-hybridized carbons (Fsp3) is 0.417. The molecule has 0 unspecified atom stereocenters. The Hall–Kier alpha value is -1.47. The van der Waals surface area contributed by atoms with E-state index in [1.165, 1.54) is 13.0 Å². The van der Waals surface area contributed by atoms with Gasteiger partial charge in [-0.15, -0.1) is 0 Å². The number of nitrogens with two attached hydrogens (primary N) is 1. The molecule has 1 aliphatic rings. The Kier molecular flexibility index (Phi) is 3.60. The first-order valence-electron chi connectivity index (χ1n) is 5.91. The van der Waals surface area contributed by atoms with E-state index in [1.54, 1.807) is 0 Å². The molecule has 2 N–H and O–H groups in total. The number of carbonyl (C=O) groups is 1. The quantitative estimate of drug-likeness (QED) is 0.891. The van der Waals surface area contributed by atoms with Crippen molar-refractivity contribution >= 4 is 15.9 Å². The Labute approximate surface area is 111 Å². The van der Waals surface area contributed by atoms with Crippen LogP contribution in [0, 0.1) is 12.7 Å². The van der Waals surface area contributed by atoms with E-state index in [4.69, 9.17) is 5.73 Å². The Morgan fingerprint density at radius 2 is 2.16 bits per heavy atom. The topological polar surface area (TPSA) is 80.5 Å². The van der Waals surface area contributed by atoms with E-state index in [0.717, 1.165) is 16.4 Å². The summed E-state index contributed by atoms with van der Waals surface area (Å²) in [6.07, 6.45) is 1.02. The minimum atomic E-state index is -3.81. The van der Waals surface area contributed by atoms with Gasteiger partial charge in [-0.3, -0.25) is 4.79 Å². The van der Waals surface area contributed by atoms with Crippen molar-refractivity contribution < 1.29 is 17.6 Å². The Morgan fingerprint density at radius 1 is 1.47 bits per heavy atom. The molecule has 0 spiro atoms. The highest BCUT2D eigenvalue weighted by atomic mass is 32.2. The SMILES string of the molecule is Cc1cc(F)ccc1S(=O)(=O)N1CCC[C@H]1C(N)=O. The molecule has 0 aliphatic carbocycles. The molecule has 0 radical (unpaired) electrons. The van der Waals surface area contributed by atoms with Crippen molar-refractivity contribution in [3.63, 3.8) is 0 Å². The van der Waals surface area contributed by atoms with Crippen molar-refractivity contribution in [1.29, 1.82) is 0 Å². The van der Waals surface area contributed by atoms with E-state index >= 15 is 0 Å². The number of primary amides is 1. The molecule has 0 saturated carbocycles. The summed E-state index contributed by atoms with van der Waals surface area (Å²) in [6, 6.07) is 2.66. The van der Waals surface area contributed by atoms with Crippen LogP contribution in [0.1, 0.15) is 18.4 Å². The molecule has 7 heteroatoms. The van der Waals surface area contributed by atoms with Crippen molar-refractivity contribution in [3.05, 3.63) is 29.6 Å². The van der Waals surface area contributed by atoms with Crippen LogP contribution in [0.4, 0.5) is 4.39 Å². The molecule has 1 aromatic carbocycles. The van der Waals surface area contributed by atoms with Crippen LogP contribution >= 0.6 is 0 Å². The Morgan fingerprint density at radius 3 is 2.74 bits per heavy atom. The van der Waals surface area contributed by atoms with Gasteiger partial charge in [0.15, 0.2) is 0 Å². The van der Waals surface area contributed by atoms with Crippen molar-refractivity contribution in [2.45, 2.75) is 30.7 Å². The summed E-state index contributed by atoms with van der Waals surface area (Å²) >= 11 is 0.